The quantitative estimate of drug-likeness (QED) is 0.124. The van der Waals surface area contributed by atoms with Crippen molar-refractivity contribution in [2.45, 2.75) is 29.6 Å². The number of nitrogens with zero attached hydrogens (tertiary/aromatic N) is 4. The second-order valence-corrected chi connectivity index (χ2v) is 12.4. The molecular weight excluding hydrogens is 768 g/mol. The monoisotopic (exact) mass is 801 g/mol. The predicted molar refractivity (Wildman–Crippen MR) is 185 cm³/mol. The Bertz CT molecular complexity index is 2320. The van der Waals surface area contributed by atoms with Gasteiger partial charge in [-0.3, -0.25) is 0 Å². The Morgan fingerprint density at radius 2 is 1.57 bits per heavy atom. The molecule has 2 aromatic heterocycles. The van der Waals surface area contributed by atoms with E-state index in [1.807, 2.05) is 42.6 Å². The summed E-state index contributed by atoms with van der Waals surface area (Å²) in [6.07, 6.45) is 1.89. The van der Waals surface area contributed by atoms with E-state index in [1.54, 1.807) is 22.9 Å². The third-order valence-corrected chi connectivity index (χ3v) is 9.06. The Morgan fingerprint density at radius 1 is 0.783 bits per heavy atom. The topological polar surface area (TPSA) is 37.1 Å². The molecule has 0 amide bonds. The summed E-state index contributed by atoms with van der Waals surface area (Å²) in [6.45, 7) is 2.03. The number of benzene rings is 5. The van der Waals surface area contributed by atoms with Crippen molar-refractivity contribution in [3.8, 4) is 16.9 Å². The minimum atomic E-state index is -2.41. The van der Waals surface area contributed by atoms with Crippen molar-refractivity contribution in [2.75, 3.05) is 17.1 Å². The second kappa shape index (κ2) is 12.4. The minimum absolute atomic E-state index is 0. The summed E-state index contributed by atoms with van der Waals surface area (Å²) >= 11 is 1.54. The van der Waals surface area contributed by atoms with Crippen molar-refractivity contribution in [1.82, 2.24) is 9.55 Å². The standard InChI is InChI=1S/C39H30N4OS.Pt/c1-26(2)31-13-4-5-14-32(31)27-21-22-40-39(23-27)42-35-16-7-6-15-33(35)34-20-19-30(25-38(34)42)45-29-12-10-11-28(24-29)43-37-18-9-8-17-36(37)41(3)44-43;/h4-23,26H,1-3H3;/q-2;/p+1/i3D3;. The fourth-order valence-corrected chi connectivity index (χ4v) is 6.89. The van der Waals surface area contributed by atoms with E-state index in [0.717, 1.165) is 48.0 Å². The van der Waals surface area contributed by atoms with Gasteiger partial charge in [0.15, 0.2) is 0 Å². The van der Waals surface area contributed by atoms with E-state index >= 15 is 0 Å². The Morgan fingerprint density at radius 3 is 2.43 bits per heavy atom. The van der Waals surface area contributed by atoms with Crippen LogP contribution in [0, 0.1) is 12.1 Å². The van der Waals surface area contributed by atoms with E-state index in [0.29, 0.717) is 23.0 Å². The molecule has 5 aromatic carbocycles. The summed E-state index contributed by atoms with van der Waals surface area (Å²) < 4.78 is 26.1. The maximum Gasteiger partial charge on any atom is 0.145 e. The molecule has 0 saturated carbocycles. The molecule has 0 aliphatic carbocycles. The molecule has 0 fully saturated rings. The van der Waals surface area contributed by atoms with Crippen LogP contribution in [0.1, 0.15) is 29.4 Å². The number of fused-ring (bicyclic) bond motifs is 4. The first kappa shape index (κ1) is 26.8. The van der Waals surface area contributed by atoms with Gasteiger partial charge in [0.05, 0.1) is 11.1 Å². The number of hydrogen-bond acceptors (Lipinski definition) is 4. The molecule has 3 heterocycles. The van der Waals surface area contributed by atoms with Gasteiger partial charge in [0, 0.05) is 38.5 Å². The van der Waals surface area contributed by atoms with Crippen molar-refractivity contribution >= 4 is 50.6 Å². The van der Waals surface area contributed by atoms with Crippen LogP contribution in [0.3, 0.4) is 0 Å². The van der Waals surface area contributed by atoms with Crippen molar-refractivity contribution in [3.05, 3.63) is 139 Å². The molecule has 0 radical (unpaired) electrons. The molecule has 1 N–H and O–H groups in total. The average Bonchev–Trinajstić information content (AvgIpc) is 3.65. The molecule has 230 valence electrons. The number of aromatic nitrogens is 2. The van der Waals surface area contributed by atoms with E-state index < -0.39 is 6.98 Å². The van der Waals surface area contributed by atoms with Gasteiger partial charge >= 0.3 is 0 Å². The van der Waals surface area contributed by atoms with Crippen molar-refractivity contribution in [3.63, 3.8) is 0 Å². The average molecular weight is 802 g/mol. The van der Waals surface area contributed by atoms with Crippen molar-refractivity contribution in [1.29, 1.82) is 0 Å². The molecule has 1 aliphatic rings. The Labute approximate surface area is 291 Å². The molecule has 7 aromatic rings. The summed E-state index contributed by atoms with van der Waals surface area (Å²) in [5, 5.41) is 4.95. The smallest absolute Gasteiger partial charge is 0.145 e. The van der Waals surface area contributed by atoms with E-state index in [9.17, 15) is 0 Å². The zero-order chi connectivity index (χ0) is 33.0. The van der Waals surface area contributed by atoms with Crippen LogP contribution in [0.2, 0.25) is 0 Å². The number of para-hydroxylation sites is 3. The number of hydrogen-bond donors (Lipinski definition) is 0. The van der Waals surface area contributed by atoms with Crippen LogP contribution in [-0.2, 0) is 21.1 Å². The minimum Gasteiger partial charge on any atom is -0.319 e. The number of pyridine rings is 1. The summed E-state index contributed by atoms with van der Waals surface area (Å²) in [5.41, 5.74) is 7.51. The maximum atomic E-state index is 7.98. The van der Waals surface area contributed by atoms with E-state index in [4.69, 9.17) is 9.10 Å². The molecule has 7 heteroatoms. The Balaban J connectivity index is 0.00000378. The first-order valence-electron chi connectivity index (χ1n) is 16.4. The third-order valence-electron chi connectivity index (χ3n) is 8.14. The Hall–Kier alpha value is -4.35. The molecule has 5 nitrogen and oxygen atoms in total. The van der Waals surface area contributed by atoms with Gasteiger partial charge in [-0.15, -0.1) is 55.3 Å². The number of anilines is 3. The van der Waals surface area contributed by atoms with E-state index in [-0.39, 0.29) is 21.1 Å². The summed E-state index contributed by atoms with van der Waals surface area (Å²) in [7, 11) is 0. The Kier molecular flexibility index (Phi) is 7.26. The van der Waals surface area contributed by atoms with Crippen LogP contribution in [0.4, 0.5) is 17.1 Å². The maximum absolute atomic E-state index is 7.98. The third kappa shape index (κ3) is 5.31. The molecule has 0 unspecified atom stereocenters. The summed E-state index contributed by atoms with van der Waals surface area (Å²) in [6, 6.07) is 45.7. The first-order valence-corrected chi connectivity index (χ1v) is 15.7. The van der Waals surface area contributed by atoms with Gasteiger partial charge in [0.1, 0.15) is 17.2 Å². The summed E-state index contributed by atoms with van der Waals surface area (Å²) in [4.78, 5) is 11.1. The molecule has 0 bridgehead atoms. The molecule has 0 atom stereocenters. The molecular formula is C39H31N4OPtS-. The molecule has 0 saturated heterocycles. The first-order chi connectivity index (χ1) is 23.3. The van der Waals surface area contributed by atoms with Crippen LogP contribution in [0.5, 0.6) is 0 Å². The molecule has 1 aliphatic heterocycles. The van der Waals surface area contributed by atoms with Crippen molar-refractivity contribution < 1.29 is 30.1 Å². The zero-order valence-electron chi connectivity index (χ0n) is 28.1. The van der Waals surface area contributed by atoms with Gasteiger partial charge in [-0.2, -0.15) is 29.2 Å². The number of hydroxylamine groups is 1. The second-order valence-electron chi connectivity index (χ2n) is 11.3. The normalized spacial score (nSPS) is 13.8. The van der Waals surface area contributed by atoms with Gasteiger partial charge in [-0.05, 0) is 58.3 Å². The van der Waals surface area contributed by atoms with E-state index in [1.165, 1.54) is 11.1 Å². The van der Waals surface area contributed by atoms with Gasteiger partial charge < -0.3 is 4.57 Å². The molecule has 8 rings (SSSR count). The van der Waals surface area contributed by atoms with Crippen molar-refractivity contribution in [2.24, 2.45) is 0 Å². The van der Waals surface area contributed by atoms with Crippen LogP contribution >= 0.6 is 11.8 Å². The van der Waals surface area contributed by atoms with Gasteiger partial charge in [-0.25, -0.2) is 4.98 Å². The van der Waals surface area contributed by atoms with Crippen LogP contribution in [-0.4, -0.2) is 21.5 Å². The van der Waals surface area contributed by atoms with Gasteiger partial charge in [0.2, 0.25) is 0 Å². The van der Waals surface area contributed by atoms with Gasteiger partial charge in [-0.1, -0.05) is 74.0 Å². The van der Waals surface area contributed by atoms with Crippen LogP contribution in [0.25, 0.3) is 38.8 Å². The fourth-order valence-electron chi connectivity index (χ4n) is 6.07. The SMILES string of the molecule is [2H]C([2H])([2H])N1[OH+]N(c2[c-]c(Sc3[c-]c4c(cc3)c3ccccc3n4-c3cc(-c4ccccc4C(C)C)ccn3)ccc2)c2ccccc21.[Pt]. The van der Waals surface area contributed by atoms with Crippen LogP contribution < -0.4 is 10.1 Å². The summed E-state index contributed by atoms with van der Waals surface area (Å²) in [5.74, 6) is 1.22. The molecule has 46 heavy (non-hydrogen) atoms. The molecule has 0 spiro atoms. The predicted octanol–water partition coefficient (Wildman–Crippen LogP) is 10.1. The fraction of sp³-hybridized carbons (Fsp3) is 0.103. The van der Waals surface area contributed by atoms with Gasteiger partial charge in [0.25, 0.3) is 0 Å². The van der Waals surface area contributed by atoms with Crippen LogP contribution in [0.15, 0.2) is 131 Å². The van der Waals surface area contributed by atoms with E-state index in [2.05, 4.69) is 108 Å². The number of rotatable bonds is 6. The largest absolute Gasteiger partial charge is 0.319 e. The zero-order valence-corrected chi connectivity index (χ0v) is 28.2.